The maximum atomic E-state index is 12.1. The van der Waals surface area contributed by atoms with Gasteiger partial charge >= 0.3 is 0 Å². The molecule has 126 valence electrons. The number of carbonyl (C=O) groups is 1. The SMILES string of the molecule is COc1ccc(C(=O)N/N=C/c2cc(I)c(O)c(OC)c2)cc1Br. The van der Waals surface area contributed by atoms with E-state index in [0.717, 1.165) is 0 Å². The summed E-state index contributed by atoms with van der Waals surface area (Å²) in [7, 11) is 3.02. The molecular formula is C16H14BrIN2O4. The predicted molar refractivity (Wildman–Crippen MR) is 103 cm³/mol. The number of rotatable bonds is 5. The summed E-state index contributed by atoms with van der Waals surface area (Å²) < 4.78 is 11.5. The number of phenolic OH excluding ortho intramolecular Hbond substituents is 1. The summed E-state index contributed by atoms with van der Waals surface area (Å²) in [6.07, 6.45) is 1.47. The lowest BCUT2D eigenvalue weighted by molar-refractivity contribution is 0.0955. The molecule has 0 fully saturated rings. The van der Waals surface area contributed by atoms with Gasteiger partial charge in [0.15, 0.2) is 11.5 Å². The molecule has 0 saturated heterocycles. The first-order valence-corrected chi connectivity index (χ1v) is 8.57. The van der Waals surface area contributed by atoms with Gasteiger partial charge in [0.25, 0.3) is 5.91 Å². The number of aromatic hydroxyl groups is 1. The van der Waals surface area contributed by atoms with Crippen LogP contribution in [0.2, 0.25) is 0 Å². The van der Waals surface area contributed by atoms with Crippen LogP contribution in [0.5, 0.6) is 17.2 Å². The van der Waals surface area contributed by atoms with Gasteiger partial charge in [-0.1, -0.05) is 0 Å². The molecule has 1 amide bonds. The monoisotopic (exact) mass is 504 g/mol. The van der Waals surface area contributed by atoms with E-state index in [4.69, 9.17) is 9.47 Å². The molecule has 0 spiro atoms. The molecule has 0 aliphatic heterocycles. The van der Waals surface area contributed by atoms with E-state index in [0.29, 0.717) is 30.7 Å². The molecule has 0 aliphatic rings. The number of nitrogens with one attached hydrogen (secondary N) is 1. The first kappa shape index (κ1) is 18.5. The van der Waals surface area contributed by atoms with E-state index in [9.17, 15) is 9.90 Å². The van der Waals surface area contributed by atoms with Gasteiger partial charge < -0.3 is 14.6 Å². The third-order valence-corrected chi connectivity index (χ3v) is 4.51. The Morgan fingerprint density at radius 3 is 2.58 bits per heavy atom. The number of amides is 1. The Bertz CT molecular complexity index is 796. The van der Waals surface area contributed by atoms with Gasteiger partial charge in [0.1, 0.15) is 5.75 Å². The minimum atomic E-state index is -0.352. The van der Waals surface area contributed by atoms with E-state index in [-0.39, 0.29) is 11.7 Å². The topological polar surface area (TPSA) is 80.2 Å². The first-order chi connectivity index (χ1) is 11.5. The largest absolute Gasteiger partial charge is 0.504 e. The minimum Gasteiger partial charge on any atom is -0.504 e. The third-order valence-electron chi connectivity index (χ3n) is 3.06. The highest BCUT2D eigenvalue weighted by atomic mass is 127. The quantitative estimate of drug-likeness (QED) is 0.371. The molecule has 24 heavy (non-hydrogen) atoms. The Kier molecular flexibility index (Phi) is 6.44. The minimum absolute atomic E-state index is 0.0716. The fraction of sp³-hybridized carbons (Fsp3) is 0.125. The summed E-state index contributed by atoms with van der Waals surface area (Å²) in [6, 6.07) is 8.32. The lowest BCUT2D eigenvalue weighted by Gasteiger charge is -2.07. The van der Waals surface area contributed by atoms with Gasteiger partial charge in [0.2, 0.25) is 0 Å². The van der Waals surface area contributed by atoms with Crippen LogP contribution in [0.3, 0.4) is 0 Å². The highest BCUT2D eigenvalue weighted by molar-refractivity contribution is 14.1. The van der Waals surface area contributed by atoms with Crippen LogP contribution < -0.4 is 14.9 Å². The van der Waals surface area contributed by atoms with Crippen molar-refractivity contribution in [3.63, 3.8) is 0 Å². The van der Waals surface area contributed by atoms with Gasteiger partial charge in [-0.3, -0.25) is 4.79 Å². The third kappa shape index (κ3) is 4.38. The van der Waals surface area contributed by atoms with Gasteiger partial charge in [-0.05, 0) is 74.4 Å². The van der Waals surface area contributed by atoms with Crippen LogP contribution in [0.25, 0.3) is 0 Å². The van der Waals surface area contributed by atoms with Crippen molar-refractivity contribution < 1.29 is 19.4 Å². The fourth-order valence-electron chi connectivity index (χ4n) is 1.86. The van der Waals surface area contributed by atoms with Crippen molar-refractivity contribution in [1.29, 1.82) is 0 Å². The van der Waals surface area contributed by atoms with Crippen LogP contribution in [0.4, 0.5) is 0 Å². The maximum absolute atomic E-state index is 12.1. The Morgan fingerprint density at radius 2 is 1.96 bits per heavy atom. The first-order valence-electron chi connectivity index (χ1n) is 6.69. The number of ether oxygens (including phenoxy) is 2. The van der Waals surface area contributed by atoms with Crippen molar-refractivity contribution in [2.75, 3.05) is 14.2 Å². The molecule has 0 heterocycles. The molecule has 0 saturated carbocycles. The summed E-state index contributed by atoms with van der Waals surface area (Å²) >= 11 is 5.32. The van der Waals surface area contributed by atoms with Crippen LogP contribution >= 0.6 is 38.5 Å². The number of hydrazone groups is 1. The van der Waals surface area contributed by atoms with Crippen molar-refractivity contribution in [2.24, 2.45) is 5.10 Å². The normalized spacial score (nSPS) is 10.7. The molecule has 2 N–H and O–H groups in total. The predicted octanol–water partition coefficient (Wildman–Crippen LogP) is 3.54. The molecule has 8 heteroatoms. The highest BCUT2D eigenvalue weighted by Gasteiger charge is 2.09. The van der Waals surface area contributed by atoms with Crippen LogP contribution in [0.15, 0.2) is 39.9 Å². The van der Waals surface area contributed by atoms with E-state index in [1.54, 1.807) is 37.4 Å². The molecule has 0 unspecified atom stereocenters. The van der Waals surface area contributed by atoms with Crippen LogP contribution in [-0.2, 0) is 0 Å². The van der Waals surface area contributed by atoms with E-state index in [2.05, 4.69) is 26.5 Å². The molecule has 0 atom stereocenters. The van der Waals surface area contributed by atoms with Gasteiger partial charge in [-0.2, -0.15) is 5.10 Å². The molecule has 0 aliphatic carbocycles. The van der Waals surface area contributed by atoms with E-state index in [1.807, 2.05) is 22.6 Å². The maximum Gasteiger partial charge on any atom is 0.271 e. The summed E-state index contributed by atoms with van der Waals surface area (Å²) in [5.74, 6) is 0.701. The Balaban J connectivity index is 2.10. The number of hydrogen-bond donors (Lipinski definition) is 2. The second-order valence-electron chi connectivity index (χ2n) is 4.60. The highest BCUT2D eigenvalue weighted by Crippen LogP contribution is 2.31. The van der Waals surface area contributed by atoms with Crippen LogP contribution in [-0.4, -0.2) is 31.4 Å². The molecule has 2 rings (SSSR count). The van der Waals surface area contributed by atoms with Crippen LogP contribution in [0.1, 0.15) is 15.9 Å². The second kappa shape index (κ2) is 8.34. The number of halogens is 2. The van der Waals surface area contributed by atoms with Gasteiger partial charge in [-0.25, -0.2) is 5.43 Å². The van der Waals surface area contributed by atoms with Gasteiger partial charge in [-0.15, -0.1) is 0 Å². The summed E-state index contributed by atoms with van der Waals surface area (Å²) in [6.45, 7) is 0. The number of hydrogen-bond acceptors (Lipinski definition) is 5. The molecule has 2 aromatic carbocycles. The number of carbonyl (C=O) groups excluding carboxylic acids is 1. The molecule has 2 aromatic rings. The molecular weight excluding hydrogens is 491 g/mol. The Morgan fingerprint density at radius 1 is 1.25 bits per heavy atom. The Hall–Kier alpha value is -1.81. The second-order valence-corrected chi connectivity index (χ2v) is 6.62. The average molecular weight is 505 g/mol. The zero-order valence-electron chi connectivity index (χ0n) is 12.8. The van der Waals surface area contributed by atoms with Crippen LogP contribution in [0, 0.1) is 3.57 Å². The molecule has 0 bridgehead atoms. The number of nitrogens with zero attached hydrogens (tertiary/aromatic N) is 1. The van der Waals surface area contributed by atoms with Crippen molar-refractivity contribution >= 4 is 50.6 Å². The zero-order chi connectivity index (χ0) is 17.7. The fourth-order valence-corrected chi connectivity index (χ4v) is 3.03. The number of methoxy groups -OCH3 is 2. The summed E-state index contributed by atoms with van der Waals surface area (Å²) in [5.41, 5.74) is 3.57. The number of phenols is 1. The zero-order valence-corrected chi connectivity index (χ0v) is 16.6. The van der Waals surface area contributed by atoms with E-state index in [1.165, 1.54) is 13.3 Å². The molecule has 6 nitrogen and oxygen atoms in total. The lowest BCUT2D eigenvalue weighted by Crippen LogP contribution is -2.17. The van der Waals surface area contributed by atoms with Crippen molar-refractivity contribution in [2.45, 2.75) is 0 Å². The van der Waals surface area contributed by atoms with Gasteiger partial charge in [0, 0.05) is 5.56 Å². The van der Waals surface area contributed by atoms with Gasteiger partial charge in [0.05, 0.1) is 28.5 Å². The number of benzene rings is 2. The average Bonchev–Trinajstić information content (AvgIpc) is 2.57. The summed E-state index contributed by atoms with van der Waals surface area (Å²) in [4.78, 5) is 12.1. The summed E-state index contributed by atoms with van der Waals surface area (Å²) in [5, 5.41) is 13.7. The standard InChI is InChI=1S/C16H14BrIN2O4/c1-23-13-4-3-10(7-11(13)17)16(22)20-19-8-9-5-12(18)15(21)14(6-9)24-2/h3-8,21H,1-2H3,(H,20,22)/b19-8+. The lowest BCUT2D eigenvalue weighted by atomic mass is 10.2. The van der Waals surface area contributed by atoms with Crippen molar-refractivity contribution in [3.8, 4) is 17.2 Å². The van der Waals surface area contributed by atoms with Crippen molar-refractivity contribution in [1.82, 2.24) is 5.43 Å². The van der Waals surface area contributed by atoms with E-state index < -0.39 is 0 Å². The molecule has 0 radical (unpaired) electrons. The van der Waals surface area contributed by atoms with E-state index >= 15 is 0 Å². The van der Waals surface area contributed by atoms with Crippen molar-refractivity contribution in [3.05, 3.63) is 49.5 Å². The smallest absolute Gasteiger partial charge is 0.271 e. The Labute approximate surface area is 161 Å². The molecule has 0 aromatic heterocycles.